The van der Waals surface area contributed by atoms with Crippen LogP contribution < -0.4 is 19.9 Å². The molecular formula is C24H26N4O5S. The van der Waals surface area contributed by atoms with Crippen molar-refractivity contribution in [1.82, 2.24) is 14.5 Å². The van der Waals surface area contributed by atoms with E-state index in [1.165, 1.54) is 36.5 Å². The van der Waals surface area contributed by atoms with Crippen molar-refractivity contribution in [3.63, 3.8) is 0 Å². The van der Waals surface area contributed by atoms with Gasteiger partial charge in [0, 0.05) is 26.1 Å². The number of carbonyl (C=O) groups is 1. The van der Waals surface area contributed by atoms with Crippen LogP contribution >= 0.6 is 11.3 Å². The molecule has 2 aromatic carbocycles. The van der Waals surface area contributed by atoms with Crippen molar-refractivity contribution in [3.8, 4) is 11.5 Å². The van der Waals surface area contributed by atoms with E-state index in [0.29, 0.717) is 53.7 Å². The van der Waals surface area contributed by atoms with Crippen LogP contribution in [-0.2, 0) is 16.1 Å². The smallest absolute Gasteiger partial charge is 0.261 e. The molecule has 0 unspecified atom stereocenters. The SMILES string of the molecule is COCCN(C(=O)CCCn1cnc2cc(OC)c(OC)cc2c1=O)c1nc2ccccc2s1. The summed E-state index contributed by atoms with van der Waals surface area (Å²) in [7, 11) is 4.65. The molecule has 34 heavy (non-hydrogen) atoms. The number of fused-ring (bicyclic) bond motifs is 2. The van der Waals surface area contributed by atoms with Crippen molar-refractivity contribution in [2.24, 2.45) is 0 Å². The molecule has 0 N–H and O–H groups in total. The van der Waals surface area contributed by atoms with Crippen molar-refractivity contribution < 1.29 is 19.0 Å². The number of ether oxygens (including phenoxy) is 3. The summed E-state index contributed by atoms with van der Waals surface area (Å²) in [5.41, 5.74) is 1.19. The first kappa shape index (κ1) is 23.7. The summed E-state index contributed by atoms with van der Waals surface area (Å²) in [5, 5.41) is 1.08. The third-order valence-electron chi connectivity index (χ3n) is 5.45. The maximum absolute atomic E-state index is 13.1. The molecule has 4 rings (SSSR count). The second-order valence-electron chi connectivity index (χ2n) is 7.57. The van der Waals surface area contributed by atoms with Gasteiger partial charge in [-0.3, -0.25) is 19.1 Å². The summed E-state index contributed by atoms with van der Waals surface area (Å²) in [5.74, 6) is 0.909. The molecule has 2 aromatic heterocycles. The zero-order chi connectivity index (χ0) is 24.1. The van der Waals surface area contributed by atoms with E-state index in [1.54, 1.807) is 24.1 Å². The molecule has 0 aliphatic rings. The van der Waals surface area contributed by atoms with Gasteiger partial charge < -0.3 is 14.2 Å². The number of rotatable bonds is 10. The highest BCUT2D eigenvalue weighted by Gasteiger charge is 2.19. The number of aromatic nitrogens is 3. The molecule has 0 saturated carbocycles. The topological polar surface area (TPSA) is 95.8 Å². The van der Waals surface area contributed by atoms with Crippen LogP contribution in [-0.4, -0.2) is 54.9 Å². The van der Waals surface area contributed by atoms with Crippen molar-refractivity contribution in [1.29, 1.82) is 0 Å². The van der Waals surface area contributed by atoms with Gasteiger partial charge in [0.2, 0.25) is 5.91 Å². The largest absolute Gasteiger partial charge is 0.493 e. The minimum Gasteiger partial charge on any atom is -0.493 e. The Bertz CT molecular complexity index is 1330. The van der Waals surface area contributed by atoms with Gasteiger partial charge >= 0.3 is 0 Å². The first-order valence-corrected chi connectivity index (χ1v) is 11.6. The van der Waals surface area contributed by atoms with Crippen LogP contribution in [0.15, 0.2) is 47.5 Å². The molecule has 0 saturated heterocycles. The number of thiazole rings is 1. The summed E-state index contributed by atoms with van der Waals surface area (Å²) >= 11 is 1.48. The molecule has 10 heteroatoms. The van der Waals surface area contributed by atoms with Gasteiger partial charge in [0.25, 0.3) is 5.56 Å². The van der Waals surface area contributed by atoms with E-state index in [0.717, 1.165) is 10.2 Å². The highest BCUT2D eigenvalue weighted by molar-refractivity contribution is 7.22. The van der Waals surface area contributed by atoms with Gasteiger partial charge in [-0.25, -0.2) is 9.97 Å². The normalized spacial score (nSPS) is 11.1. The van der Waals surface area contributed by atoms with Crippen molar-refractivity contribution in [3.05, 3.63) is 53.1 Å². The Hall–Kier alpha value is -3.50. The fourth-order valence-corrected chi connectivity index (χ4v) is 4.67. The van der Waals surface area contributed by atoms with E-state index in [1.807, 2.05) is 24.3 Å². The number of amides is 1. The van der Waals surface area contributed by atoms with E-state index in [-0.39, 0.29) is 17.9 Å². The van der Waals surface area contributed by atoms with Gasteiger partial charge in [0.15, 0.2) is 16.6 Å². The predicted molar refractivity (Wildman–Crippen MR) is 132 cm³/mol. The van der Waals surface area contributed by atoms with Crippen LogP contribution in [0.4, 0.5) is 5.13 Å². The molecule has 0 radical (unpaired) electrons. The number of hydrogen-bond acceptors (Lipinski definition) is 8. The number of carbonyl (C=O) groups excluding carboxylic acids is 1. The second kappa shape index (κ2) is 10.6. The average molecular weight is 483 g/mol. The zero-order valence-corrected chi connectivity index (χ0v) is 20.1. The molecule has 178 valence electrons. The molecule has 0 aliphatic heterocycles. The van der Waals surface area contributed by atoms with Crippen LogP contribution in [0.3, 0.4) is 0 Å². The average Bonchev–Trinajstić information content (AvgIpc) is 3.28. The highest BCUT2D eigenvalue weighted by atomic mass is 32.1. The lowest BCUT2D eigenvalue weighted by Gasteiger charge is -2.19. The molecule has 0 fully saturated rings. The first-order valence-electron chi connectivity index (χ1n) is 10.8. The van der Waals surface area contributed by atoms with Crippen LogP contribution in [0.25, 0.3) is 21.1 Å². The lowest BCUT2D eigenvalue weighted by atomic mass is 10.2. The standard InChI is InChI=1S/C24H26N4O5S/c1-31-12-11-28(24-26-17-7-4-5-8-21(17)34-24)22(29)9-6-10-27-15-25-18-14-20(33-3)19(32-2)13-16(18)23(27)30/h4-5,7-8,13-15H,6,9-12H2,1-3H3. The molecule has 9 nitrogen and oxygen atoms in total. The predicted octanol–water partition coefficient (Wildman–Crippen LogP) is 3.48. The van der Waals surface area contributed by atoms with Gasteiger partial charge in [-0.2, -0.15) is 0 Å². The summed E-state index contributed by atoms with van der Waals surface area (Å²) < 4.78 is 18.3. The van der Waals surface area contributed by atoms with Gasteiger partial charge in [0.05, 0.1) is 54.8 Å². The number of nitrogens with zero attached hydrogens (tertiary/aromatic N) is 4. The maximum Gasteiger partial charge on any atom is 0.261 e. The maximum atomic E-state index is 13.1. The van der Waals surface area contributed by atoms with Gasteiger partial charge in [0.1, 0.15) is 0 Å². The number of anilines is 1. The Labute approximate surface area is 200 Å². The van der Waals surface area contributed by atoms with E-state index < -0.39 is 0 Å². The molecule has 4 aromatic rings. The molecule has 0 spiro atoms. The minimum atomic E-state index is -0.194. The Kier molecular flexibility index (Phi) is 7.39. The minimum absolute atomic E-state index is 0.0655. The molecule has 0 aliphatic carbocycles. The highest BCUT2D eigenvalue weighted by Crippen LogP contribution is 2.30. The van der Waals surface area contributed by atoms with E-state index >= 15 is 0 Å². The van der Waals surface area contributed by atoms with Crippen LogP contribution in [0, 0.1) is 0 Å². The second-order valence-corrected chi connectivity index (χ2v) is 8.58. The summed E-state index contributed by atoms with van der Waals surface area (Å²) in [6.45, 7) is 1.18. The summed E-state index contributed by atoms with van der Waals surface area (Å²) in [4.78, 5) is 36.7. The summed E-state index contributed by atoms with van der Waals surface area (Å²) in [6.07, 6.45) is 2.24. The van der Waals surface area contributed by atoms with Gasteiger partial charge in [-0.1, -0.05) is 23.5 Å². The zero-order valence-electron chi connectivity index (χ0n) is 19.3. The first-order chi connectivity index (χ1) is 16.5. The van der Waals surface area contributed by atoms with Crippen LogP contribution in [0.1, 0.15) is 12.8 Å². The van der Waals surface area contributed by atoms with Gasteiger partial charge in [-0.15, -0.1) is 0 Å². The van der Waals surface area contributed by atoms with E-state index in [4.69, 9.17) is 14.2 Å². The van der Waals surface area contributed by atoms with E-state index in [2.05, 4.69) is 9.97 Å². The molecule has 0 atom stereocenters. The third-order valence-corrected chi connectivity index (χ3v) is 6.51. The number of aryl methyl sites for hydroxylation is 1. The number of methoxy groups -OCH3 is 3. The Morgan fingerprint density at radius 3 is 2.59 bits per heavy atom. The van der Waals surface area contributed by atoms with Crippen molar-refractivity contribution in [2.75, 3.05) is 39.4 Å². The Morgan fingerprint density at radius 1 is 1.09 bits per heavy atom. The molecular weight excluding hydrogens is 456 g/mol. The van der Waals surface area contributed by atoms with Gasteiger partial charge in [-0.05, 0) is 24.6 Å². The van der Waals surface area contributed by atoms with Crippen LogP contribution in [0.5, 0.6) is 11.5 Å². The molecule has 0 bridgehead atoms. The number of para-hydroxylation sites is 1. The monoisotopic (exact) mass is 482 g/mol. The van der Waals surface area contributed by atoms with E-state index in [9.17, 15) is 9.59 Å². The third kappa shape index (κ3) is 4.87. The number of benzene rings is 2. The fraction of sp³-hybridized carbons (Fsp3) is 0.333. The lowest BCUT2D eigenvalue weighted by Crippen LogP contribution is -2.34. The quantitative estimate of drug-likeness (QED) is 0.341. The summed E-state index contributed by atoms with van der Waals surface area (Å²) in [6, 6.07) is 11.1. The number of hydrogen-bond donors (Lipinski definition) is 0. The Balaban J connectivity index is 1.49. The Morgan fingerprint density at radius 2 is 1.85 bits per heavy atom. The fourth-order valence-electron chi connectivity index (χ4n) is 3.67. The lowest BCUT2D eigenvalue weighted by molar-refractivity contribution is -0.118. The van der Waals surface area contributed by atoms with Crippen molar-refractivity contribution >= 4 is 43.5 Å². The molecule has 2 heterocycles. The van der Waals surface area contributed by atoms with Crippen LogP contribution in [0.2, 0.25) is 0 Å². The molecule has 1 amide bonds. The van der Waals surface area contributed by atoms with Crippen molar-refractivity contribution in [2.45, 2.75) is 19.4 Å².